The Labute approximate surface area is 142 Å². The van der Waals surface area contributed by atoms with E-state index in [9.17, 15) is 0 Å². The summed E-state index contributed by atoms with van der Waals surface area (Å²) in [5, 5.41) is 3.57. The van der Waals surface area contributed by atoms with Crippen molar-refractivity contribution in [2.45, 2.75) is 25.5 Å². The molecule has 2 aromatic rings. The molecule has 0 saturated carbocycles. The van der Waals surface area contributed by atoms with E-state index in [-0.39, 0.29) is 6.10 Å². The van der Waals surface area contributed by atoms with E-state index in [1.165, 1.54) is 11.1 Å². The summed E-state index contributed by atoms with van der Waals surface area (Å²) in [6.07, 6.45) is 1.04. The number of halogens is 2. The number of nitrogens with one attached hydrogen (secondary N) is 1. The first kappa shape index (κ1) is 15.1. The molecule has 0 aliphatic carbocycles. The number of rotatable bonds is 3. The molecule has 0 radical (unpaired) electrons. The number of hydrogen-bond donors (Lipinski definition) is 1. The lowest BCUT2D eigenvalue weighted by Gasteiger charge is -2.33. The zero-order valence-corrected chi connectivity index (χ0v) is 14.9. The minimum atomic E-state index is 0.0934. The van der Waals surface area contributed by atoms with Crippen LogP contribution in [0.25, 0.3) is 0 Å². The third-order valence-corrected chi connectivity index (χ3v) is 4.78. The highest BCUT2D eigenvalue weighted by Gasteiger charge is 2.28. The van der Waals surface area contributed by atoms with E-state index < -0.39 is 0 Å². The van der Waals surface area contributed by atoms with Crippen LogP contribution in [-0.4, -0.2) is 6.54 Å². The highest BCUT2D eigenvalue weighted by molar-refractivity contribution is 9.10. The van der Waals surface area contributed by atoms with Crippen molar-refractivity contribution >= 4 is 31.9 Å². The van der Waals surface area contributed by atoms with Gasteiger partial charge in [0, 0.05) is 27.0 Å². The molecule has 1 aliphatic heterocycles. The molecule has 0 aromatic heterocycles. The Hall–Kier alpha value is -0.840. The molecule has 0 spiro atoms. The van der Waals surface area contributed by atoms with Gasteiger partial charge in [-0.1, -0.05) is 50.9 Å². The first-order chi connectivity index (χ1) is 10.2. The maximum atomic E-state index is 6.21. The first-order valence-electron chi connectivity index (χ1n) is 7.12. The second-order valence-corrected chi connectivity index (χ2v) is 7.02. The summed E-state index contributed by atoms with van der Waals surface area (Å²) in [4.78, 5) is 0. The summed E-state index contributed by atoms with van der Waals surface area (Å²) in [6, 6.07) is 14.9. The molecule has 3 rings (SSSR count). The molecule has 0 fully saturated rings. The van der Waals surface area contributed by atoms with Crippen LogP contribution in [0.15, 0.2) is 51.4 Å². The predicted molar refractivity (Wildman–Crippen MR) is 92.7 cm³/mol. The summed E-state index contributed by atoms with van der Waals surface area (Å²) in [5.41, 5.74) is 2.45. The Kier molecular flexibility index (Phi) is 4.67. The Morgan fingerprint density at radius 2 is 1.81 bits per heavy atom. The maximum absolute atomic E-state index is 6.21. The van der Waals surface area contributed by atoms with Gasteiger partial charge >= 0.3 is 0 Å². The van der Waals surface area contributed by atoms with Crippen LogP contribution in [0.3, 0.4) is 0 Å². The molecule has 1 heterocycles. The molecule has 2 aromatic carbocycles. The Bertz CT molecular complexity index is 627. The van der Waals surface area contributed by atoms with Crippen molar-refractivity contribution in [1.29, 1.82) is 0 Å². The molecule has 2 unspecified atom stereocenters. The van der Waals surface area contributed by atoms with E-state index in [0.29, 0.717) is 6.04 Å². The van der Waals surface area contributed by atoms with Gasteiger partial charge in [-0.25, -0.2) is 0 Å². The minimum Gasteiger partial charge on any atom is -0.485 e. The molecule has 0 saturated heterocycles. The molecule has 21 heavy (non-hydrogen) atoms. The summed E-state index contributed by atoms with van der Waals surface area (Å²) < 4.78 is 8.40. The second-order valence-electron chi connectivity index (χ2n) is 5.19. The van der Waals surface area contributed by atoms with E-state index in [1.807, 2.05) is 6.07 Å². The second kappa shape index (κ2) is 6.51. The number of fused-ring (bicyclic) bond motifs is 1. The van der Waals surface area contributed by atoms with E-state index in [4.69, 9.17) is 4.74 Å². The van der Waals surface area contributed by atoms with Crippen molar-refractivity contribution in [3.8, 4) is 5.75 Å². The first-order valence-corrected chi connectivity index (χ1v) is 8.71. The van der Waals surface area contributed by atoms with Gasteiger partial charge in [0.05, 0.1) is 0 Å². The van der Waals surface area contributed by atoms with Crippen molar-refractivity contribution in [3.05, 3.63) is 62.5 Å². The van der Waals surface area contributed by atoms with Crippen LogP contribution in [0.2, 0.25) is 0 Å². The molecule has 110 valence electrons. The van der Waals surface area contributed by atoms with Crippen molar-refractivity contribution in [3.63, 3.8) is 0 Å². The zero-order valence-electron chi connectivity index (χ0n) is 11.8. The highest BCUT2D eigenvalue weighted by Crippen LogP contribution is 2.41. The number of ether oxygens (including phenoxy) is 1. The summed E-state index contributed by atoms with van der Waals surface area (Å²) in [5.74, 6) is 0.975. The molecule has 2 nitrogen and oxygen atoms in total. The molecular formula is C17H17Br2NO. The van der Waals surface area contributed by atoms with E-state index in [2.05, 4.69) is 80.5 Å². The average molecular weight is 411 g/mol. The normalized spacial score (nSPS) is 20.7. The molecule has 1 N–H and O–H groups in total. The van der Waals surface area contributed by atoms with Crippen LogP contribution in [0.4, 0.5) is 0 Å². The fourth-order valence-corrected chi connectivity index (χ4v) is 3.41. The van der Waals surface area contributed by atoms with Gasteiger partial charge in [-0.05, 0) is 42.4 Å². The molecular weight excluding hydrogens is 394 g/mol. The average Bonchev–Trinajstić information content (AvgIpc) is 2.48. The van der Waals surface area contributed by atoms with Gasteiger partial charge in [0.25, 0.3) is 0 Å². The monoisotopic (exact) mass is 409 g/mol. The fraction of sp³-hybridized carbons (Fsp3) is 0.294. The van der Waals surface area contributed by atoms with Crippen LogP contribution in [0.5, 0.6) is 5.75 Å². The summed E-state index contributed by atoms with van der Waals surface area (Å²) >= 11 is 7.03. The largest absolute Gasteiger partial charge is 0.485 e. The zero-order chi connectivity index (χ0) is 14.8. The third-order valence-electron chi connectivity index (χ3n) is 3.76. The van der Waals surface area contributed by atoms with Crippen molar-refractivity contribution in [2.75, 3.05) is 6.54 Å². The van der Waals surface area contributed by atoms with Crippen molar-refractivity contribution in [2.24, 2.45) is 0 Å². The quantitative estimate of drug-likeness (QED) is 0.732. The predicted octanol–water partition coefficient (Wildman–Crippen LogP) is 5.39. The van der Waals surface area contributed by atoms with Gasteiger partial charge in [0.1, 0.15) is 11.9 Å². The Morgan fingerprint density at radius 1 is 1.10 bits per heavy atom. The van der Waals surface area contributed by atoms with Crippen LogP contribution >= 0.6 is 31.9 Å². The maximum Gasteiger partial charge on any atom is 0.126 e. The number of benzene rings is 2. The lowest BCUT2D eigenvalue weighted by atomic mass is 9.93. The fourth-order valence-electron chi connectivity index (χ4n) is 2.76. The van der Waals surface area contributed by atoms with Gasteiger partial charge in [0.15, 0.2) is 0 Å². The van der Waals surface area contributed by atoms with Gasteiger partial charge in [0.2, 0.25) is 0 Å². The van der Waals surface area contributed by atoms with Crippen LogP contribution in [-0.2, 0) is 0 Å². The third kappa shape index (κ3) is 3.33. The molecule has 0 bridgehead atoms. The highest BCUT2D eigenvalue weighted by atomic mass is 79.9. The lowest BCUT2D eigenvalue weighted by Crippen LogP contribution is -2.29. The number of hydrogen-bond acceptors (Lipinski definition) is 2. The van der Waals surface area contributed by atoms with Crippen molar-refractivity contribution < 1.29 is 4.74 Å². The van der Waals surface area contributed by atoms with Gasteiger partial charge in [-0.15, -0.1) is 0 Å². The van der Waals surface area contributed by atoms with E-state index in [0.717, 1.165) is 27.7 Å². The van der Waals surface area contributed by atoms with Crippen LogP contribution < -0.4 is 10.1 Å². The molecule has 0 amide bonds. The van der Waals surface area contributed by atoms with Gasteiger partial charge in [-0.2, -0.15) is 0 Å². The SMILES string of the molecule is CCNC1CC(c2ccc(Br)cc2)Oc2ccc(Br)cc21. The van der Waals surface area contributed by atoms with E-state index >= 15 is 0 Å². The standard InChI is InChI=1S/C17H17Br2NO/c1-2-20-15-10-17(11-3-5-12(18)6-4-11)21-16-8-7-13(19)9-14(15)16/h3-9,15,17,20H,2,10H2,1H3. The lowest BCUT2D eigenvalue weighted by molar-refractivity contribution is 0.152. The summed E-state index contributed by atoms with van der Waals surface area (Å²) in [6.45, 7) is 3.09. The summed E-state index contributed by atoms with van der Waals surface area (Å²) in [7, 11) is 0. The smallest absolute Gasteiger partial charge is 0.126 e. The molecule has 1 aliphatic rings. The topological polar surface area (TPSA) is 21.3 Å². The molecule has 2 atom stereocenters. The van der Waals surface area contributed by atoms with E-state index in [1.54, 1.807) is 0 Å². The van der Waals surface area contributed by atoms with Crippen molar-refractivity contribution in [1.82, 2.24) is 5.32 Å². The van der Waals surface area contributed by atoms with Gasteiger partial charge < -0.3 is 10.1 Å². The van der Waals surface area contributed by atoms with Gasteiger partial charge in [-0.3, -0.25) is 0 Å². The van der Waals surface area contributed by atoms with Crippen LogP contribution in [0.1, 0.15) is 36.6 Å². The minimum absolute atomic E-state index is 0.0934. The Balaban J connectivity index is 1.93. The van der Waals surface area contributed by atoms with Crippen LogP contribution in [0, 0.1) is 0 Å². The molecule has 4 heteroatoms. The Morgan fingerprint density at radius 3 is 2.52 bits per heavy atom.